The molecule has 0 saturated carbocycles. The molecule has 0 bridgehead atoms. The Bertz CT molecular complexity index is 312. The van der Waals surface area contributed by atoms with Crippen molar-refractivity contribution in [3.63, 3.8) is 0 Å². The van der Waals surface area contributed by atoms with E-state index in [0.29, 0.717) is 6.42 Å². The zero-order chi connectivity index (χ0) is 10.4. The standard InChI is InChI=1S/C11H14BrNO/c1-9(14)5-4-8-13-11-7-3-2-6-10(11)12/h2-3,6-7,13H,4-5,8H2,1H3. The second-order valence-corrected chi connectivity index (χ2v) is 4.07. The van der Waals surface area contributed by atoms with E-state index in [9.17, 15) is 4.79 Å². The highest BCUT2D eigenvalue weighted by Gasteiger charge is 1.97. The van der Waals surface area contributed by atoms with Gasteiger partial charge in [-0.3, -0.25) is 0 Å². The first-order valence-corrected chi connectivity index (χ1v) is 5.47. The van der Waals surface area contributed by atoms with Crippen LogP contribution >= 0.6 is 15.9 Å². The maximum absolute atomic E-state index is 10.7. The molecule has 0 saturated heterocycles. The number of carbonyl (C=O) groups excluding carboxylic acids is 1. The first-order valence-electron chi connectivity index (χ1n) is 4.68. The summed E-state index contributed by atoms with van der Waals surface area (Å²) < 4.78 is 1.06. The van der Waals surface area contributed by atoms with Gasteiger partial charge in [-0.1, -0.05) is 12.1 Å². The van der Waals surface area contributed by atoms with Crippen LogP contribution < -0.4 is 5.32 Å². The molecular formula is C11H14BrNO. The van der Waals surface area contributed by atoms with Gasteiger partial charge >= 0.3 is 0 Å². The fraction of sp³-hybridized carbons (Fsp3) is 0.364. The molecule has 0 spiro atoms. The number of halogens is 1. The number of para-hydroxylation sites is 1. The number of hydrogen-bond acceptors (Lipinski definition) is 2. The average Bonchev–Trinajstić information content (AvgIpc) is 2.15. The Labute approximate surface area is 92.8 Å². The van der Waals surface area contributed by atoms with E-state index in [1.54, 1.807) is 6.92 Å². The molecule has 0 radical (unpaired) electrons. The molecule has 0 aromatic heterocycles. The molecule has 1 N–H and O–H groups in total. The number of rotatable bonds is 5. The van der Waals surface area contributed by atoms with Gasteiger partial charge in [-0.2, -0.15) is 0 Å². The van der Waals surface area contributed by atoms with Gasteiger partial charge in [-0.05, 0) is 41.4 Å². The molecule has 0 atom stereocenters. The highest BCUT2D eigenvalue weighted by molar-refractivity contribution is 9.10. The lowest BCUT2D eigenvalue weighted by atomic mass is 10.2. The SMILES string of the molecule is CC(=O)CCCNc1ccccc1Br. The predicted octanol–water partition coefficient (Wildman–Crippen LogP) is 3.23. The Hall–Kier alpha value is -0.830. The van der Waals surface area contributed by atoms with Crippen molar-refractivity contribution in [3.8, 4) is 0 Å². The van der Waals surface area contributed by atoms with Crippen LogP contribution in [0.25, 0.3) is 0 Å². The summed E-state index contributed by atoms with van der Waals surface area (Å²) in [6.07, 6.45) is 1.54. The number of nitrogens with one attached hydrogen (secondary N) is 1. The number of anilines is 1. The minimum Gasteiger partial charge on any atom is -0.384 e. The lowest BCUT2D eigenvalue weighted by molar-refractivity contribution is -0.117. The molecule has 1 rings (SSSR count). The second kappa shape index (κ2) is 5.81. The van der Waals surface area contributed by atoms with E-state index in [-0.39, 0.29) is 5.78 Å². The molecule has 0 aliphatic heterocycles. The van der Waals surface area contributed by atoms with Crippen LogP contribution in [0.15, 0.2) is 28.7 Å². The lowest BCUT2D eigenvalue weighted by Gasteiger charge is -2.06. The summed E-state index contributed by atoms with van der Waals surface area (Å²) in [4.78, 5) is 10.7. The predicted molar refractivity (Wildman–Crippen MR) is 62.5 cm³/mol. The molecule has 0 amide bonds. The van der Waals surface area contributed by atoms with Gasteiger partial charge in [0.2, 0.25) is 0 Å². The molecule has 0 aliphatic carbocycles. The number of hydrogen-bond donors (Lipinski definition) is 1. The van der Waals surface area contributed by atoms with Crippen molar-refractivity contribution in [1.82, 2.24) is 0 Å². The third-order valence-electron chi connectivity index (χ3n) is 1.89. The molecule has 1 aromatic carbocycles. The third-order valence-corrected chi connectivity index (χ3v) is 2.59. The Morgan fingerprint density at radius 1 is 1.43 bits per heavy atom. The molecule has 0 fully saturated rings. The molecule has 2 nitrogen and oxygen atoms in total. The van der Waals surface area contributed by atoms with E-state index in [2.05, 4.69) is 21.2 Å². The smallest absolute Gasteiger partial charge is 0.129 e. The number of ketones is 1. The first-order chi connectivity index (χ1) is 6.70. The van der Waals surface area contributed by atoms with Crippen LogP contribution in [-0.4, -0.2) is 12.3 Å². The highest BCUT2D eigenvalue weighted by atomic mass is 79.9. The van der Waals surface area contributed by atoms with E-state index in [4.69, 9.17) is 0 Å². The van der Waals surface area contributed by atoms with Crippen molar-refractivity contribution in [2.75, 3.05) is 11.9 Å². The van der Waals surface area contributed by atoms with E-state index < -0.39 is 0 Å². The summed E-state index contributed by atoms with van der Waals surface area (Å²) in [7, 11) is 0. The van der Waals surface area contributed by atoms with Crippen LogP contribution in [0.1, 0.15) is 19.8 Å². The van der Waals surface area contributed by atoms with Gasteiger partial charge < -0.3 is 10.1 Å². The van der Waals surface area contributed by atoms with Crippen molar-refractivity contribution >= 4 is 27.4 Å². The maximum atomic E-state index is 10.7. The van der Waals surface area contributed by atoms with Crippen molar-refractivity contribution in [1.29, 1.82) is 0 Å². The van der Waals surface area contributed by atoms with Crippen LogP contribution in [0.2, 0.25) is 0 Å². The Balaban J connectivity index is 2.31. The van der Waals surface area contributed by atoms with E-state index >= 15 is 0 Å². The van der Waals surface area contributed by atoms with Gasteiger partial charge in [0.25, 0.3) is 0 Å². The van der Waals surface area contributed by atoms with Crippen molar-refractivity contribution < 1.29 is 4.79 Å². The van der Waals surface area contributed by atoms with Gasteiger partial charge in [-0.25, -0.2) is 0 Å². The van der Waals surface area contributed by atoms with Gasteiger partial charge in [0, 0.05) is 23.1 Å². The Morgan fingerprint density at radius 2 is 2.14 bits per heavy atom. The molecule has 0 heterocycles. The monoisotopic (exact) mass is 255 g/mol. The topological polar surface area (TPSA) is 29.1 Å². The van der Waals surface area contributed by atoms with E-state index in [0.717, 1.165) is 23.1 Å². The van der Waals surface area contributed by atoms with Gasteiger partial charge in [0.05, 0.1) is 0 Å². The van der Waals surface area contributed by atoms with Crippen LogP contribution in [0.3, 0.4) is 0 Å². The maximum Gasteiger partial charge on any atom is 0.129 e. The molecule has 0 aliphatic rings. The van der Waals surface area contributed by atoms with Crippen molar-refractivity contribution in [3.05, 3.63) is 28.7 Å². The van der Waals surface area contributed by atoms with Gasteiger partial charge in [0.15, 0.2) is 0 Å². The quantitative estimate of drug-likeness (QED) is 0.819. The second-order valence-electron chi connectivity index (χ2n) is 3.21. The fourth-order valence-electron chi connectivity index (χ4n) is 1.16. The summed E-state index contributed by atoms with van der Waals surface area (Å²) in [5.41, 5.74) is 1.08. The normalized spacial score (nSPS) is 9.86. The van der Waals surface area contributed by atoms with Crippen LogP contribution in [0.4, 0.5) is 5.69 Å². The van der Waals surface area contributed by atoms with Crippen LogP contribution in [0.5, 0.6) is 0 Å². The summed E-state index contributed by atoms with van der Waals surface area (Å²) in [6, 6.07) is 7.97. The minimum atomic E-state index is 0.249. The molecule has 14 heavy (non-hydrogen) atoms. The Kier molecular flexibility index (Phi) is 4.66. The summed E-state index contributed by atoms with van der Waals surface area (Å²) in [5.74, 6) is 0.249. The van der Waals surface area contributed by atoms with Crippen molar-refractivity contribution in [2.45, 2.75) is 19.8 Å². The molecule has 76 valence electrons. The summed E-state index contributed by atoms with van der Waals surface area (Å²) >= 11 is 3.45. The third kappa shape index (κ3) is 3.92. The van der Waals surface area contributed by atoms with E-state index in [1.165, 1.54) is 0 Å². The zero-order valence-electron chi connectivity index (χ0n) is 8.22. The van der Waals surface area contributed by atoms with Crippen LogP contribution in [0, 0.1) is 0 Å². The summed E-state index contributed by atoms with van der Waals surface area (Å²) in [5, 5.41) is 3.27. The van der Waals surface area contributed by atoms with Gasteiger partial charge in [0.1, 0.15) is 5.78 Å². The molecule has 3 heteroatoms. The zero-order valence-corrected chi connectivity index (χ0v) is 9.80. The molecule has 0 unspecified atom stereocenters. The molecular weight excluding hydrogens is 242 g/mol. The fourth-order valence-corrected chi connectivity index (χ4v) is 1.59. The minimum absolute atomic E-state index is 0.249. The average molecular weight is 256 g/mol. The summed E-state index contributed by atoms with van der Waals surface area (Å²) in [6.45, 7) is 2.46. The number of carbonyl (C=O) groups is 1. The van der Waals surface area contributed by atoms with E-state index in [1.807, 2.05) is 24.3 Å². The lowest BCUT2D eigenvalue weighted by Crippen LogP contribution is -2.03. The number of Topliss-reactive ketones (excluding diaryl/α,β-unsaturated/α-hetero) is 1. The number of benzene rings is 1. The largest absolute Gasteiger partial charge is 0.384 e. The van der Waals surface area contributed by atoms with Crippen LogP contribution in [-0.2, 0) is 4.79 Å². The van der Waals surface area contributed by atoms with Crippen molar-refractivity contribution in [2.24, 2.45) is 0 Å². The van der Waals surface area contributed by atoms with Gasteiger partial charge in [-0.15, -0.1) is 0 Å². The first kappa shape index (κ1) is 11.2. The highest BCUT2D eigenvalue weighted by Crippen LogP contribution is 2.20. The molecule has 1 aromatic rings. The Morgan fingerprint density at radius 3 is 2.79 bits per heavy atom.